The van der Waals surface area contributed by atoms with Crippen molar-refractivity contribution in [2.45, 2.75) is 143 Å². The number of ketones is 1. The number of rotatable bonds is 25. The molecule has 1 amide bonds. The van der Waals surface area contributed by atoms with E-state index in [1.54, 1.807) is 54.6 Å². The van der Waals surface area contributed by atoms with Gasteiger partial charge in [-0.05, 0) is 80.1 Å². The van der Waals surface area contributed by atoms with E-state index < -0.39 is 35.8 Å². The zero-order valence-electron chi connectivity index (χ0n) is 33.7. The number of carboxylic acid groups (broad SMARTS) is 1. The van der Waals surface area contributed by atoms with Gasteiger partial charge < -0.3 is 14.6 Å². The summed E-state index contributed by atoms with van der Waals surface area (Å²) < 4.78 is 11.5. The molecule has 302 valence electrons. The number of aromatic nitrogens is 3. The Morgan fingerprint density at radius 1 is 0.750 bits per heavy atom. The number of carboxylic acids is 1. The van der Waals surface area contributed by atoms with Crippen LogP contribution in [0.1, 0.15) is 140 Å². The Bertz CT molecular complexity index is 1850. The summed E-state index contributed by atoms with van der Waals surface area (Å²) in [5.41, 5.74) is 3.41. The molecule has 0 aliphatic carbocycles. The largest absolute Gasteiger partial charge is 0.479 e. The Hall–Kier alpha value is -5.06. The topological polar surface area (TPSA) is 141 Å². The van der Waals surface area contributed by atoms with Gasteiger partial charge in [0, 0.05) is 0 Å². The molecule has 4 rings (SSSR count). The number of amides is 1. The minimum absolute atomic E-state index is 0.0185. The van der Waals surface area contributed by atoms with Crippen LogP contribution in [-0.4, -0.2) is 56.6 Å². The van der Waals surface area contributed by atoms with Gasteiger partial charge in [0.1, 0.15) is 28.5 Å². The van der Waals surface area contributed by atoms with Crippen molar-refractivity contribution in [2.24, 2.45) is 0 Å². The number of nitrogens with zero attached hydrogens (tertiary/aromatic N) is 4. The van der Waals surface area contributed by atoms with Gasteiger partial charge >= 0.3 is 18.0 Å². The van der Waals surface area contributed by atoms with E-state index in [2.05, 4.69) is 24.0 Å². The fourth-order valence-corrected chi connectivity index (χ4v) is 6.82. The highest BCUT2D eigenvalue weighted by Gasteiger charge is 2.33. The van der Waals surface area contributed by atoms with Crippen molar-refractivity contribution < 1.29 is 33.8 Å². The van der Waals surface area contributed by atoms with Gasteiger partial charge in [-0.25, -0.2) is 9.59 Å². The van der Waals surface area contributed by atoms with E-state index in [1.807, 2.05) is 19.1 Å². The Morgan fingerprint density at radius 2 is 1.36 bits per heavy atom. The van der Waals surface area contributed by atoms with E-state index in [0.717, 1.165) is 55.3 Å². The number of para-hydroxylation sites is 1. The number of hydrogen-bond acceptors (Lipinski definition) is 8. The lowest BCUT2D eigenvalue weighted by molar-refractivity contribution is -0.148. The summed E-state index contributed by atoms with van der Waals surface area (Å²) in [5.74, 6) is -2.93. The molecule has 1 N–H and O–H groups in total. The zero-order valence-corrected chi connectivity index (χ0v) is 33.7. The summed E-state index contributed by atoms with van der Waals surface area (Å²) >= 11 is 0. The second kappa shape index (κ2) is 23.1. The van der Waals surface area contributed by atoms with Crippen molar-refractivity contribution in [1.82, 2.24) is 15.0 Å². The normalized spacial score (nSPS) is 12.3. The van der Waals surface area contributed by atoms with Crippen molar-refractivity contribution in [1.29, 1.82) is 0 Å². The summed E-state index contributed by atoms with van der Waals surface area (Å²) in [7, 11) is 0. The van der Waals surface area contributed by atoms with Crippen molar-refractivity contribution in [3.8, 4) is 5.75 Å². The van der Waals surface area contributed by atoms with Crippen LogP contribution in [0.2, 0.25) is 0 Å². The third kappa shape index (κ3) is 13.3. The first-order valence-electron chi connectivity index (χ1n) is 20.5. The van der Waals surface area contributed by atoms with E-state index in [-0.39, 0.29) is 13.2 Å². The number of aliphatic carboxylic acids is 1. The number of carbonyl (C=O) groups is 4. The van der Waals surface area contributed by atoms with Gasteiger partial charge in [-0.3, -0.25) is 14.5 Å². The highest BCUT2D eigenvalue weighted by Crippen LogP contribution is 2.32. The number of aryl methyl sites for hydroxylation is 1. The summed E-state index contributed by atoms with van der Waals surface area (Å²) in [4.78, 5) is 55.6. The van der Waals surface area contributed by atoms with E-state index in [1.165, 1.54) is 50.3 Å². The first-order chi connectivity index (χ1) is 27.1. The van der Waals surface area contributed by atoms with Gasteiger partial charge in [0.05, 0.1) is 18.8 Å². The molecular formula is C45H60N4O7. The van der Waals surface area contributed by atoms with Crippen LogP contribution >= 0.6 is 0 Å². The smallest absolute Gasteiger partial charge is 0.366 e. The molecule has 0 aliphatic heterocycles. The minimum atomic E-state index is -1.25. The van der Waals surface area contributed by atoms with Crippen molar-refractivity contribution in [2.75, 3.05) is 11.5 Å². The number of Topliss-reactive ketones (excluding diaryl/α,β-unsaturated/α-hetero) is 1. The molecule has 11 heteroatoms. The average molecular weight is 769 g/mol. The Balaban J connectivity index is 1.54. The fourth-order valence-electron chi connectivity index (χ4n) is 6.82. The van der Waals surface area contributed by atoms with E-state index in [0.29, 0.717) is 46.4 Å². The van der Waals surface area contributed by atoms with Crippen LogP contribution < -0.4 is 9.64 Å². The first-order valence-corrected chi connectivity index (χ1v) is 20.5. The van der Waals surface area contributed by atoms with Crippen LogP contribution in [0.4, 0.5) is 10.5 Å². The maximum absolute atomic E-state index is 14.4. The van der Waals surface area contributed by atoms with Gasteiger partial charge in [0.25, 0.3) is 0 Å². The van der Waals surface area contributed by atoms with Crippen LogP contribution in [0.15, 0.2) is 66.7 Å². The summed E-state index contributed by atoms with van der Waals surface area (Å²) in [6, 6.07) is 18.6. The lowest BCUT2D eigenvalue weighted by Crippen LogP contribution is -2.37. The number of carbonyl (C=O) groups excluding carboxylic acids is 3. The van der Waals surface area contributed by atoms with Crippen LogP contribution in [-0.2, 0) is 25.7 Å². The van der Waals surface area contributed by atoms with Crippen LogP contribution in [0.5, 0.6) is 5.75 Å². The standard InChI is InChI=1S/C45H60N4O7/c1-5-7-9-11-12-13-14-15-16-20-30-55-44(53)42(34(4)50)37-21-18-19-22-40(37)48(45(54)49-46-38-29-24-33(3)31-39(38)47-49)32-35-25-27-36(28-26-35)56-41(43(51)52)23-17-10-8-6-2/h18-19,21-22,24-29,31,41-42H,5-17,20,23,30,32H2,1-4H3,(H,51,52). The Labute approximate surface area is 331 Å². The lowest BCUT2D eigenvalue weighted by Gasteiger charge is -2.26. The van der Waals surface area contributed by atoms with Crippen molar-refractivity contribution in [3.05, 3.63) is 83.4 Å². The summed E-state index contributed by atoms with van der Waals surface area (Å²) in [6.07, 6.45) is 14.7. The van der Waals surface area contributed by atoms with Crippen LogP contribution in [0.3, 0.4) is 0 Å². The minimum Gasteiger partial charge on any atom is -0.479 e. The number of fused-ring (bicyclic) bond motifs is 1. The molecule has 0 radical (unpaired) electrons. The van der Waals surface area contributed by atoms with Crippen molar-refractivity contribution >= 4 is 40.5 Å². The summed E-state index contributed by atoms with van der Waals surface area (Å²) in [5, 5.41) is 18.7. The number of esters is 1. The molecule has 2 atom stereocenters. The highest BCUT2D eigenvalue weighted by molar-refractivity contribution is 6.06. The van der Waals surface area contributed by atoms with Crippen molar-refractivity contribution in [3.63, 3.8) is 0 Å². The molecule has 0 spiro atoms. The molecule has 2 unspecified atom stereocenters. The predicted octanol–water partition coefficient (Wildman–Crippen LogP) is 10.4. The number of hydrogen-bond donors (Lipinski definition) is 1. The SMILES string of the molecule is CCCCCCCCCCCCOC(=O)C(C(C)=O)c1ccccc1N(Cc1ccc(OC(CCCCCC)C(=O)O)cc1)C(=O)n1nc2ccc(C)cc2n1. The van der Waals surface area contributed by atoms with Gasteiger partial charge in [0.2, 0.25) is 0 Å². The van der Waals surface area contributed by atoms with E-state index >= 15 is 0 Å². The van der Waals surface area contributed by atoms with E-state index in [4.69, 9.17) is 9.47 Å². The average Bonchev–Trinajstić information content (AvgIpc) is 3.61. The number of unbranched alkanes of at least 4 members (excludes halogenated alkanes) is 12. The third-order valence-electron chi connectivity index (χ3n) is 10.00. The Kier molecular flexibility index (Phi) is 18.0. The maximum Gasteiger partial charge on any atom is 0.366 e. The quantitative estimate of drug-likeness (QED) is 0.0396. The molecule has 4 aromatic rings. The van der Waals surface area contributed by atoms with Crippen LogP contribution in [0.25, 0.3) is 11.0 Å². The maximum atomic E-state index is 14.4. The fraction of sp³-hybridized carbons (Fsp3) is 0.511. The molecule has 11 nitrogen and oxygen atoms in total. The zero-order chi connectivity index (χ0) is 40.3. The number of ether oxygens (including phenoxy) is 2. The van der Waals surface area contributed by atoms with Crippen LogP contribution in [0, 0.1) is 6.92 Å². The first kappa shape index (κ1) is 43.7. The lowest BCUT2D eigenvalue weighted by atomic mass is 9.93. The van der Waals surface area contributed by atoms with Gasteiger partial charge in [-0.2, -0.15) is 0 Å². The molecule has 1 heterocycles. The molecule has 3 aromatic carbocycles. The molecule has 0 fully saturated rings. The van der Waals surface area contributed by atoms with Gasteiger partial charge in [0.15, 0.2) is 6.10 Å². The third-order valence-corrected chi connectivity index (χ3v) is 10.00. The molecular weight excluding hydrogens is 709 g/mol. The highest BCUT2D eigenvalue weighted by atomic mass is 16.5. The second-order valence-electron chi connectivity index (χ2n) is 14.7. The molecule has 0 saturated carbocycles. The second-order valence-corrected chi connectivity index (χ2v) is 14.7. The van der Waals surface area contributed by atoms with E-state index in [9.17, 15) is 24.3 Å². The monoisotopic (exact) mass is 768 g/mol. The Morgan fingerprint density at radius 3 is 2.00 bits per heavy atom. The summed E-state index contributed by atoms with van der Waals surface area (Å²) in [6.45, 7) is 7.84. The van der Waals surface area contributed by atoms with Gasteiger partial charge in [-0.1, -0.05) is 132 Å². The number of anilines is 1. The number of benzene rings is 3. The molecule has 0 bridgehead atoms. The molecule has 0 aliphatic rings. The molecule has 56 heavy (non-hydrogen) atoms. The predicted molar refractivity (Wildman–Crippen MR) is 219 cm³/mol. The molecule has 0 saturated heterocycles. The van der Waals surface area contributed by atoms with Gasteiger partial charge in [-0.15, -0.1) is 10.2 Å². The molecule has 1 aromatic heterocycles.